The van der Waals surface area contributed by atoms with Crippen LogP contribution in [0.5, 0.6) is 0 Å². The molecule has 0 unspecified atom stereocenters. The van der Waals surface area contributed by atoms with Crippen LogP contribution in [0, 0.1) is 0 Å². The number of rotatable bonds is 4. The molecule has 0 saturated heterocycles. The highest BCUT2D eigenvalue weighted by Gasteiger charge is 2.18. The summed E-state index contributed by atoms with van der Waals surface area (Å²) in [6.07, 6.45) is 5.86. The van der Waals surface area contributed by atoms with E-state index in [0.29, 0.717) is 5.82 Å². The van der Waals surface area contributed by atoms with Crippen LogP contribution in [0.25, 0.3) is 5.69 Å². The molecule has 1 N–H and O–H groups in total. The van der Waals surface area contributed by atoms with E-state index in [-0.39, 0.29) is 6.54 Å². The Morgan fingerprint density at radius 3 is 3.00 bits per heavy atom. The van der Waals surface area contributed by atoms with E-state index in [1.54, 1.807) is 4.68 Å². The lowest BCUT2D eigenvalue weighted by Gasteiger charge is -2.11. The minimum Gasteiger partial charge on any atom is -0.218 e. The number of aryl methyl sites for hydroxylation is 1. The lowest BCUT2D eigenvalue weighted by Crippen LogP contribution is -2.23. The van der Waals surface area contributed by atoms with Crippen molar-refractivity contribution < 1.29 is 8.42 Å². The summed E-state index contributed by atoms with van der Waals surface area (Å²) < 4.78 is 26.6. The summed E-state index contributed by atoms with van der Waals surface area (Å²) in [7, 11) is -3.24. The molecule has 0 bridgehead atoms. The molecule has 7 heteroatoms. The van der Waals surface area contributed by atoms with Gasteiger partial charge in [-0.15, -0.1) is 0 Å². The fraction of sp³-hybridized carbons (Fsp3) is 0.385. The van der Waals surface area contributed by atoms with Crippen LogP contribution < -0.4 is 4.72 Å². The second-order valence-electron chi connectivity index (χ2n) is 4.95. The molecule has 0 radical (unpaired) electrons. The zero-order chi connectivity index (χ0) is 14.2. The number of fused-ring (bicyclic) bond motifs is 1. The Morgan fingerprint density at radius 2 is 2.20 bits per heavy atom. The number of hydrogen-bond donors (Lipinski definition) is 1. The number of nitrogens with zero attached hydrogens (tertiary/aromatic N) is 3. The fourth-order valence-electron chi connectivity index (χ4n) is 2.58. The number of nitrogens with one attached hydrogen (secondary N) is 1. The van der Waals surface area contributed by atoms with E-state index in [1.165, 1.54) is 17.5 Å². The van der Waals surface area contributed by atoms with E-state index >= 15 is 0 Å². The van der Waals surface area contributed by atoms with E-state index in [2.05, 4.69) is 20.9 Å². The lowest BCUT2D eigenvalue weighted by atomic mass is 10.1. The molecule has 0 fully saturated rings. The zero-order valence-electron chi connectivity index (χ0n) is 11.2. The van der Waals surface area contributed by atoms with Gasteiger partial charge in [0.1, 0.15) is 12.2 Å². The predicted octanol–water partition coefficient (Wildman–Crippen LogP) is 0.805. The molecule has 1 aliphatic rings. The Labute approximate surface area is 117 Å². The number of aromatic nitrogens is 3. The lowest BCUT2D eigenvalue weighted by molar-refractivity contribution is 0.584. The van der Waals surface area contributed by atoms with Crippen LogP contribution in [0.4, 0.5) is 0 Å². The van der Waals surface area contributed by atoms with Gasteiger partial charge in [-0.05, 0) is 36.5 Å². The van der Waals surface area contributed by atoms with Gasteiger partial charge in [-0.1, -0.05) is 12.1 Å². The second kappa shape index (κ2) is 4.99. The third-order valence-electron chi connectivity index (χ3n) is 3.46. The normalized spacial score (nSPS) is 14.4. The Hall–Kier alpha value is -1.73. The Kier molecular flexibility index (Phi) is 3.31. The first-order chi connectivity index (χ1) is 9.54. The van der Waals surface area contributed by atoms with Gasteiger partial charge in [0.2, 0.25) is 10.0 Å². The predicted molar refractivity (Wildman–Crippen MR) is 75.1 cm³/mol. The SMILES string of the molecule is CS(=O)(=O)NCc1ncnn1-c1cccc2c1CCC2. The molecule has 1 heterocycles. The first-order valence-electron chi connectivity index (χ1n) is 6.49. The molecule has 0 amide bonds. The number of benzene rings is 1. The van der Waals surface area contributed by atoms with Gasteiger partial charge in [0.25, 0.3) is 0 Å². The first-order valence-corrected chi connectivity index (χ1v) is 8.38. The van der Waals surface area contributed by atoms with Gasteiger partial charge in [0, 0.05) is 0 Å². The minimum atomic E-state index is -3.24. The van der Waals surface area contributed by atoms with E-state index in [9.17, 15) is 8.42 Å². The Bertz CT molecular complexity index is 737. The highest BCUT2D eigenvalue weighted by molar-refractivity contribution is 7.88. The van der Waals surface area contributed by atoms with E-state index in [1.807, 2.05) is 12.1 Å². The van der Waals surface area contributed by atoms with Gasteiger partial charge in [-0.3, -0.25) is 0 Å². The molecular weight excluding hydrogens is 276 g/mol. The van der Waals surface area contributed by atoms with Gasteiger partial charge in [0.05, 0.1) is 18.5 Å². The molecule has 0 spiro atoms. The molecule has 106 valence electrons. The van der Waals surface area contributed by atoms with Gasteiger partial charge in [0.15, 0.2) is 0 Å². The summed E-state index contributed by atoms with van der Waals surface area (Å²) in [6, 6.07) is 6.15. The van der Waals surface area contributed by atoms with Crippen LogP contribution in [0.15, 0.2) is 24.5 Å². The van der Waals surface area contributed by atoms with E-state index < -0.39 is 10.0 Å². The fourth-order valence-corrected chi connectivity index (χ4v) is 2.97. The summed E-state index contributed by atoms with van der Waals surface area (Å²) in [6.45, 7) is 0.141. The van der Waals surface area contributed by atoms with E-state index in [0.717, 1.165) is 31.2 Å². The van der Waals surface area contributed by atoms with Crippen LogP contribution in [-0.2, 0) is 29.4 Å². The Morgan fingerprint density at radius 1 is 1.35 bits per heavy atom. The molecule has 2 aromatic rings. The molecule has 20 heavy (non-hydrogen) atoms. The quantitative estimate of drug-likeness (QED) is 0.904. The van der Waals surface area contributed by atoms with Crippen molar-refractivity contribution in [2.45, 2.75) is 25.8 Å². The van der Waals surface area contributed by atoms with Crippen molar-refractivity contribution >= 4 is 10.0 Å². The van der Waals surface area contributed by atoms with Crippen molar-refractivity contribution in [1.82, 2.24) is 19.5 Å². The average Bonchev–Trinajstić information content (AvgIpc) is 3.03. The largest absolute Gasteiger partial charge is 0.218 e. The summed E-state index contributed by atoms with van der Waals surface area (Å²) in [5.74, 6) is 0.593. The van der Waals surface area contributed by atoms with Gasteiger partial charge < -0.3 is 0 Å². The summed E-state index contributed by atoms with van der Waals surface area (Å²) in [4.78, 5) is 4.15. The van der Waals surface area contributed by atoms with Crippen molar-refractivity contribution in [2.75, 3.05) is 6.26 Å². The summed E-state index contributed by atoms with van der Waals surface area (Å²) >= 11 is 0. The van der Waals surface area contributed by atoms with E-state index in [4.69, 9.17) is 0 Å². The first kappa shape index (κ1) is 13.3. The summed E-state index contributed by atoms with van der Waals surface area (Å²) in [5.41, 5.74) is 3.64. The van der Waals surface area contributed by atoms with Crippen molar-refractivity contribution in [3.63, 3.8) is 0 Å². The maximum atomic E-state index is 11.2. The molecular formula is C13H16N4O2S. The molecule has 0 aliphatic heterocycles. The van der Waals surface area contributed by atoms with Crippen LogP contribution in [0.1, 0.15) is 23.4 Å². The van der Waals surface area contributed by atoms with Crippen molar-refractivity contribution in [3.05, 3.63) is 41.5 Å². The third-order valence-corrected chi connectivity index (χ3v) is 4.13. The van der Waals surface area contributed by atoms with Crippen LogP contribution >= 0.6 is 0 Å². The van der Waals surface area contributed by atoms with Crippen LogP contribution in [0.2, 0.25) is 0 Å². The third kappa shape index (κ3) is 2.59. The standard InChI is InChI=1S/C13H16N4O2S/c1-20(18,19)16-8-13-14-9-15-17(13)12-7-3-5-10-4-2-6-11(10)12/h3,5,7,9,16H,2,4,6,8H2,1H3. The molecule has 1 aromatic heterocycles. The summed E-state index contributed by atoms with van der Waals surface area (Å²) in [5, 5.41) is 4.24. The highest BCUT2D eigenvalue weighted by atomic mass is 32.2. The topological polar surface area (TPSA) is 76.9 Å². The molecule has 3 rings (SSSR count). The smallest absolute Gasteiger partial charge is 0.209 e. The highest BCUT2D eigenvalue weighted by Crippen LogP contribution is 2.27. The van der Waals surface area contributed by atoms with Crippen LogP contribution in [0.3, 0.4) is 0 Å². The maximum Gasteiger partial charge on any atom is 0.209 e. The minimum absolute atomic E-state index is 0.141. The van der Waals surface area contributed by atoms with Gasteiger partial charge >= 0.3 is 0 Å². The molecule has 1 aliphatic carbocycles. The van der Waals surface area contributed by atoms with Gasteiger partial charge in [-0.25, -0.2) is 22.8 Å². The molecule has 6 nitrogen and oxygen atoms in total. The van der Waals surface area contributed by atoms with Crippen LogP contribution in [-0.4, -0.2) is 29.4 Å². The number of hydrogen-bond acceptors (Lipinski definition) is 4. The Balaban J connectivity index is 1.96. The van der Waals surface area contributed by atoms with Crippen molar-refractivity contribution in [2.24, 2.45) is 0 Å². The molecule has 0 saturated carbocycles. The second-order valence-corrected chi connectivity index (χ2v) is 6.78. The van der Waals surface area contributed by atoms with Gasteiger partial charge in [-0.2, -0.15) is 5.10 Å². The zero-order valence-corrected chi connectivity index (χ0v) is 12.0. The van der Waals surface area contributed by atoms with Crippen molar-refractivity contribution in [3.8, 4) is 5.69 Å². The average molecular weight is 292 g/mol. The monoisotopic (exact) mass is 292 g/mol. The number of sulfonamides is 1. The molecule has 1 aromatic carbocycles. The van der Waals surface area contributed by atoms with Crippen molar-refractivity contribution in [1.29, 1.82) is 0 Å². The molecule has 0 atom stereocenters. The maximum absolute atomic E-state index is 11.2.